The van der Waals surface area contributed by atoms with E-state index in [-0.39, 0.29) is 62.2 Å². The van der Waals surface area contributed by atoms with Crippen LogP contribution in [0.5, 0.6) is 0 Å². The first kappa shape index (κ1) is 33.3. The Balaban J connectivity index is 1.16. The molecule has 3 aromatic rings. The van der Waals surface area contributed by atoms with Gasteiger partial charge in [0.05, 0.1) is 5.56 Å². The minimum atomic E-state index is -4.65. The number of benzene rings is 2. The minimum absolute atomic E-state index is 0.0239. The van der Waals surface area contributed by atoms with Crippen LogP contribution in [0.2, 0.25) is 5.02 Å². The van der Waals surface area contributed by atoms with Gasteiger partial charge in [0.1, 0.15) is 11.5 Å². The molecule has 1 saturated heterocycles. The van der Waals surface area contributed by atoms with E-state index in [9.17, 15) is 27.6 Å². The third kappa shape index (κ3) is 7.67. The van der Waals surface area contributed by atoms with E-state index >= 15 is 4.39 Å². The third-order valence-electron chi connectivity index (χ3n) is 8.60. The highest BCUT2D eigenvalue weighted by atomic mass is 35.5. The molecule has 1 fully saturated rings. The van der Waals surface area contributed by atoms with Gasteiger partial charge >= 0.3 is 6.18 Å². The molecule has 3 amide bonds. The van der Waals surface area contributed by atoms with E-state index in [1.165, 1.54) is 11.1 Å². The van der Waals surface area contributed by atoms with Gasteiger partial charge in [-0.2, -0.15) is 13.2 Å². The maximum atomic E-state index is 15.8. The number of fused-ring (bicyclic) bond motifs is 1. The molecule has 0 saturated carbocycles. The molecular formula is C33H34ClF4N5O3. The van der Waals surface area contributed by atoms with Crippen LogP contribution in [0.3, 0.4) is 0 Å². The Morgan fingerprint density at radius 2 is 1.89 bits per heavy atom. The zero-order chi connectivity index (χ0) is 33.1. The molecule has 46 heavy (non-hydrogen) atoms. The normalized spacial score (nSPS) is 16.7. The van der Waals surface area contributed by atoms with Gasteiger partial charge in [-0.1, -0.05) is 35.9 Å². The summed E-state index contributed by atoms with van der Waals surface area (Å²) in [5.41, 5.74) is 0.611. The van der Waals surface area contributed by atoms with Crippen LogP contribution in [0.25, 0.3) is 11.1 Å². The number of hydrogen-bond donors (Lipinski definition) is 2. The Labute approximate surface area is 269 Å². The quantitative estimate of drug-likeness (QED) is 0.196. The lowest BCUT2D eigenvalue weighted by Gasteiger charge is -2.38. The van der Waals surface area contributed by atoms with E-state index in [2.05, 4.69) is 15.6 Å². The molecule has 2 aliphatic rings. The SMILES string of the molecule is CC(CCC(=O)NC=O)N1Cc2cc(CNCC3(F)CCN(c4ncc(-c5cccc(Cl)c5)cc4C(F)(F)F)CC3)ccc2C1=O. The number of imide groups is 1. The van der Waals surface area contributed by atoms with Crippen molar-refractivity contribution in [2.45, 2.75) is 63.6 Å². The van der Waals surface area contributed by atoms with Gasteiger partial charge in [-0.15, -0.1) is 0 Å². The topological polar surface area (TPSA) is 94.6 Å². The van der Waals surface area contributed by atoms with Crippen molar-refractivity contribution in [3.8, 4) is 11.1 Å². The number of nitrogens with zero attached hydrogens (tertiary/aromatic N) is 3. The lowest BCUT2D eigenvalue weighted by molar-refractivity contribution is -0.137. The number of pyridine rings is 1. The van der Waals surface area contributed by atoms with Crippen molar-refractivity contribution in [2.24, 2.45) is 0 Å². The molecule has 0 bridgehead atoms. The van der Waals surface area contributed by atoms with Crippen LogP contribution in [0, 0.1) is 0 Å². The highest BCUT2D eigenvalue weighted by molar-refractivity contribution is 6.30. The van der Waals surface area contributed by atoms with E-state index in [1.807, 2.05) is 13.0 Å². The summed E-state index contributed by atoms with van der Waals surface area (Å²) >= 11 is 6.02. The fourth-order valence-corrected chi connectivity index (χ4v) is 6.16. The van der Waals surface area contributed by atoms with Crippen molar-refractivity contribution in [1.82, 2.24) is 20.5 Å². The molecule has 1 aromatic heterocycles. The predicted octanol–water partition coefficient (Wildman–Crippen LogP) is 5.92. The van der Waals surface area contributed by atoms with E-state index in [1.54, 1.807) is 41.3 Å². The summed E-state index contributed by atoms with van der Waals surface area (Å²) in [6.07, 6.45) is -2.34. The van der Waals surface area contributed by atoms with Crippen LogP contribution in [0.4, 0.5) is 23.4 Å². The average molecular weight is 660 g/mol. The fourth-order valence-electron chi connectivity index (χ4n) is 5.97. The van der Waals surface area contributed by atoms with Crippen LogP contribution in [0.1, 0.15) is 59.7 Å². The summed E-state index contributed by atoms with van der Waals surface area (Å²) in [5.74, 6) is -0.745. The van der Waals surface area contributed by atoms with Gasteiger partial charge in [-0.05, 0) is 54.3 Å². The number of hydrogen-bond acceptors (Lipinski definition) is 6. The standard InChI is InChI=1S/C33H34ClF4N5O3/c1-21(5-8-29(45)41-20-44)43-18-25-13-22(6-7-27(25)31(43)46)16-39-19-32(35)9-11-42(12-10-32)30-28(33(36,37)38)15-24(17-40-30)23-3-2-4-26(34)14-23/h2-4,6-7,13-15,17,20-21,39H,5,8-12,16,18-19H2,1H3,(H,41,44,45). The number of alkyl halides is 4. The second-order valence-corrected chi connectivity index (χ2v) is 12.3. The van der Waals surface area contributed by atoms with Crippen LogP contribution in [-0.2, 0) is 28.9 Å². The van der Waals surface area contributed by atoms with Crippen molar-refractivity contribution >= 4 is 35.6 Å². The monoisotopic (exact) mass is 659 g/mol. The van der Waals surface area contributed by atoms with Gasteiger partial charge < -0.3 is 15.1 Å². The van der Waals surface area contributed by atoms with Crippen LogP contribution in [0.15, 0.2) is 54.7 Å². The van der Waals surface area contributed by atoms with Crippen LogP contribution in [-0.4, -0.2) is 59.5 Å². The van der Waals surface area contributed by atoms with Crippen molar-refractivity contribution in [1.29, 1.82) is 0 Å². The second kappa shape index (κ2) is 13.8. The molecule has 1 unspecified atom stereocenters. The first-order valence-corrected chi connectivity index (χ1v) is 15.4. The average Bonchev–Trinajstić information content (AvgIpc) is 3.35. The molecule has 0 radical (unpaired) electrons. The van der Waals surface area contributed by atoms with Gasteiger partial charge in [0, 0.05) is 80.4 Å². The van der Waals surface area contributed by atoms with E-state index in [4.69, 9.17) is 11.6 Å². The summed E-state index contributed by atoms with van der Waals surface area (Å²) in [5, 5.41) is 5.64. The van der Waals surface area contributed by atoms with E-state index in [0.717, 1.165) is 17.2 Å². The van der Waals surface area contributed by atoms with Gasteiger partial charge in [0.15, 0.2) is 0 Å². The van der Waals surface area contributed by atoms with Crippen molar-refractivity contribution in [3.05, 3.63) is 82.0 Å². The van der Waals surface area contributed by atoms with E-state index in [0.29, 0.717) is 42.1 Å². The zero-order valence-corrected chi connectivity index (χ0v) is 25.9. The number of amides is 3. The predicted molar refractivity (Wildman–Crippen MR) is 166 cm³/mol. The first-order chi connectivity index (χ1) is 21.9. The molecule has 2 N–H and O–H groups in total. The molecule has 2 aliphatic heterocycles. The van der Waals surface area contributed by atoms with Gasteiger partial charge in [0.25, 0.3) is 5.91 Å². The number of piperidine rings is 1. The van der Waals surface area contributed by atoms with Crippen LogP contribution >= 0.6 is 11.6 Å². The number of halogens is 5. The molecular weight excluding hydrogens is 626 g/mol. The zero-order valence-electron chi connectivity index (χ0n) is 25.2. The highest BCUT2D eigenvalue weighted by Gasteiger charge is 2.40. The lowest BCUT2D eigenvalue weighted by atomic mass is 9.92. The van der Waals surface area contributed by atoms with Gasteiger partial charge in [-0.25, -0.2) is 9.37 Å². The largest absolute Gasteiger partial charge is 0.419 e. The number of carbonyl (C=O) groups excluding carboxylic acids is 3. The molecule has 2 aromatic carbocycles. The molecule has 8 nitrogen and oxygen atoms in total. The summed E-state index contributed by atoms with van der Waals surface area (Å²) in [4.78, 5) is 42.3. The second-order valence-electron chi connectivity index (χ2n) is 11.8. The molecule has 5 rings (SSSR count). The molecule has 1 atom stereocenters. The Kier molecular flexibility index (Phi) is 9.97. The minimum Gasteiger partial charge on any atom is -0.356 e. The number of carbonyl (C=O) groups is 3. The third-order valence-corrected chi connectivity index (χ3v) is 8.84. The van der Waals surface area contributed by atoms with Crippen molar-refractivity contribution < 1.29 is 31.9 Å². The number of aromatic nitrogens is 1. The summed E-state index contributed by atoms with van der Waals surface area (Å²) in [7, 11) is 0. The summed E-state index contributed by atoms with van der Waals surface area (Å²) < 4.78 is 58.0. The van der Waals surface area contributed by atoms with Crippen molar-refractivity contribution in [2.75, 3.05) is 24.5 Å². The molecule has 0 aliphatic carbocycles. The maximum absolute atomic E-state index is 15.8. The Bertz CT molecular complexity index is 1610. The van der Waals surface area contributed by atoms with Gasteiger partial charge in [0.2, 0.25) is 12.3 Å². The Morgan fingerprint density at radius 1 is 1.13 bits per heavy atom. The molecule has 13 heteroatoms. The van der Waals surface area contributed by atoms with Crippen LogP contribution < -0.4 is 15.5 Å². The number of nitrogens with one attached hydrogen (secondary N) is 2. The lowest BCUT2D eigenvalue weighted by Crippen LogP contribution is -2.47. The smallest absolute Gasteiger partial charge is 0.356 e. The molecule has 244 valence electrons. The fraction of sp³-hybridized carbons (Fsp3) is 0.394. The number of anilines is 1. The number of rotatable bonds is 11. The Hall–Kier alpha value is -4.03. The summed E-state index contributed by atoms with van der Waals surface area (Å²) in [6.45, 7) is 2.77. The Morgan fingerprint density at radius 3 is 2.59 bits per heavy atom. The maximum Gasteiger partial charge on any atom is 0.419 e. The van der Waals surface area contributed by atoms with Gasteiger partial charge in [-0.3, -0.25) is 19.7 Å². The highest BCUT2D eigenvalue weighted by Crippen LogP contribution is 2.40. The molecule has 0 spiro atoms. The van der Waals surface area contributed by atoms with Crippen molar-refractivity contribution in [3.63, 3.8) is 0 Å². The first-order valence-electron chi connectivity index (χ1n) is 15.0. The molecule has 3 heterocycles. The summed E-state index contributed by atoms with van der Waals surface area (Å²) in [6, 6.07) is 12.8. The van der Waals surface area contributed by atoms with E-state index < -0.39 is 23.3 Å².